The summed E-state index contributed by atoms with van der Waals surface area (Å²) in [5, 5.41) is 7.72. The Kier molecular flexibility index (Phi) is 3.72. The van der Waals surface area contributed by atoms with E-state index in [1.165, 1.54) is 57.9 Å². The monoisotopic (exact) mass is 236 g/mol. The van der Waals surface area contributed by atoms with E-state index in [4.69, 9.17) is 0 Å². The molecule has 2 saturated carbocycles. The Morgan fingerprint density at radius 1 is 1.00 bits per heavy atom. The summed E-state index contributed by atoms with van der Waals surface area (Å²) < 4.78 is 0. The normalized spacial score (nSPS) is 46.8. The van der Waals surface area contributed by atoms with Crippen LogP contribution in [-0.2, 0) is 0 Å². The molecular formula is C15H28N2. The van der Waals surface area contributed by atoms with E-state index in [2.05, 4.69) is 17.6 Å². The number of nitrogens with one attached hydrogen (secondary N) is 2. The molecule has 1 aliphatic heterocycles. The van der Waals surface area contributed by atoms with Crippen LogP contribution in [0, 0.1) is 11.8 Å². The predicted molar refractivity (Wildman–Crippen MR) is 72.1 cm³/mol. The van der Waals surface area contributed by atoms with E-state index >= 15 is 0 Å². The second-order valence-electron chi connectivity index (χ2n) is 6.70. The van der Waals surface area contributed by atoms with Gasteiger partial charge < -0.3 is 10.6 Å². The van der Waals surface area contributed by atoms with Gasteiger partial charge in [0.25, 0.3) is 0 Å². The minimum Gasteiger partial charge on any atom is -0.314 e. The van der Waals surface area contributed by atoms with Crippen molar-refractivity contribution in [1.82, 2.24) is 10.6 Å². The van der Waals surface area contributed by atoms with Crippen molar-refractivity contribution in [3.8, 4) is 0 Å². The summed E-state index contributed by atoms with van der Waals surface area (Å²) in [6.45, 7) is 3.64. The largest absolute Gasteiger partial charge is 0.314 e. The molecule has 0 aromatic carbocycles. The van der Waals surface area contributed by atoms with Gasteiger partial charge in [-0.05, 0) is 56.9 Å². The van der Waals surface area contributed by atoms with E-state index in [-0.39, 0.29) is 0 Å². The lowest BCUT2D eigenvalue weighted by Crippen LogP contribution is -2.52. The Morgan fingerprint density at radius 2 is 1.88 bits per heavy atom. The highest BCUT2D eigenvalue weighted by atomic mass is 15.0. The number of hydrogen-bond donors (Lipinski definition) is 2. The maximum atomic E-state index is 3.95. The molecule has 3 fully saturated rings. The van der Waals surface area contributed by atoms with Crippen LogP contribution in [0.4, 0.5) is 0 Å². The summed E-state index contributed by atoms with van der Waals surface area (Å²) in [6.07, 6.45) is 11.4. The predicted octanol–water partition coefficient (Wildman–Crippen LogP) is 2.69. The van der Waals surface area contributed by atoms with Crippen molar-refractivity contribution in [2.24, 2.45) is 11.8 Å². The van der Waals surface area contributed by atoms with Gasteiger partial charge in [-0.3, -0.25) is 0 Å². The first kappa shape index (κ1) is 12.0. The molecule has 3 aliphatic rings. The Balaban J connectivity index is 1.52. The van der Waals surface area contributed by atoms with Crippen molar-refractivity contribution in [3.05, 3.63) is 0 Å². The molecule has 2 heteroatoms. The highest BCUT2D eigenvalue weighted by molar-refractivity contribution is 4.95. The third-order valence-corrected chi connectivity index (χ3v) is 5.26. The molecule has 3 unspecified atom stereocenters. The lowest BCUT2D eigenvalue weighted by atomic mass is 9.80. The highest BCUT2D eigenvalue weighted by Gasteiger charge is 2.37. The van der Waals surface area contributed by atoms with Gasteiger partial charge in [0, 0.05) is 18.1 Å². The summed E-state index contributed by atoms with van der Waals surface area (Å²) in [4.78, 5) is 0. The minimum absolute atomic E-state index is 0.821. The molecule has 2 nitrogen and oxygen atoms in total. The second kappa shape index (κ2) is 5.27. The van der Waals surface area contributed by atoms with Gasteiger partial charge in [-0.2, -0.15) is 0 Å². The van der Waals surface area contributed by atoms with Gasteiger partial charge in [0.2, 0.25) is 0 Å². The average Bonchev–Trinajstić information content (AvgIpc) is 2.76. The topological polar surface area (TPSA) is 24.1 Å². The molecule has 2 aliphatic carbocycles. The molecule has 2 N–H and O–H groups in total. The zero-order chi connectivity index (χ0) is 11.7. The summed E-state index contributed by atoms with van der Waals surface area (Å²) >= 11 is 0. The van der Waals surface area contributed by atoms with Crippen LogP contribution in [0.5, 0.6) is 0 Å². The molecule has 0 aromatic heterocycles. The average molecular weight is 236 g/mol. The minimum atomic E-state index is 0.821. The smallest absolute Gasteiger partial charge is 0.0113 e. The van der Waals surface area contributed by atoms with Gasteiger partial charge in [0.15, 0.2) is 0 Å². The highest BCUT2D eigenvalue weighted by Crippen LogP contribution is 2.34. The SMILES string of the molecule is CC1CC(NC2CCCC2C2CCCCN2)C1. The number of rotatable bonds is 3. The molecule has 17 heavy (non-hydrogen) atoms. The van der Waals surface area contributed by atoms with Crippen LogP contribution in [0.25, 0.3) is 0 Å². The van der Waals surface area contributed by atoms with E-state index < -0.39 is 0 Å². The molecule has 0 aromatic rings. The number of piperidine rings is 1. The molecule has 0 spiro atoms. The fourth-order valence-electron chi connectivity index (χ4n) is 4.26. The fourth-order valence-corrected chi connectivity index (χ4v) is 4.26. The summed E-state index contributed by atoms with van der Waals surface area (Å²) in [6, 6.07) is 2.49. The van der Waals surface area contributed by atoms with Crippen LogP contribution in [-0.4, -0.2) is 24.7 Å². The van der Waals surface area contributed by atoms with Gasteiger partial charge in [-0.1, -0.05) is 19.8 Å². The quantitative estimate of drug-likeness (QED) is 0.787. The van der Waals surface area contributed by atoms with E-state index in [0.717, 1.165) is 30.0 Å². The third kappa shape index (κ3) is 2.68. The molecule has 0 bridgehead atoms. The van der Waals surface area contributed by atoms with E-state index in [9.17, 15) is 0 Å². The Bertz CT molecular complexity index is 241. The van der Waals surface area contributed by atoms with Gasteiger partial charge in [-0.15, -0.1) is 0 Å². The van der Waals surface area contributed by atoms with Crippen molar-refractivity contribution in [1.29, 1.82) is 0 Å². The Morgan fingerprint density at radius 3 is 2.59 bits per heavy atom. The Labute approximate surface area is 106 Å². The van der Waals surface area contributed by atoms with Crippen molar-refractivity contribution in [3.63, 3.8) is 0 Å². The van der Waals surface area contributed by atoms with Crippen LogP contribution in [0.15, 0.2) is 0 Å². The second-order valence-corrected chi connectivity index (χ2v) is 6.70. The first-order valence-corrected chi connectivity index (χ1v) is 7.82. The van der Waals surface area contributed by atoms with E-state index in [0.29, 0.717) is 0 Å². The molecule has 0 amide bonds. The van der Waals surface area contributed by atoms with Crippen LogP contribution in [0.1, 0.15) is 58.3 Å². The lowest BCUT2D eigenvalue weighted by Gasteiger charge is -2.39. The maximum Gasteiger partial charge on any atom is 0.0113 e. The maximum absolute atomic E-state index is 3.95. The van der Waals surface area contributed by atoms with E-state index in [1.54, 1.807) is 0 Å². The zero-order valence-corrected chi connectivity index (χ0v) is 11.3. The fraction of sp³-hybridized carbons (Fsp3) is 1.00. The first-order valence-electron chi connectivity index (χ1n) is 7.82. The standard InChI is InChI=1S/C15H28N2/c1-11-9-12(10-11)17-15-7-4-5-13(15)14-6-2-3-8-16-14/h11-17H,2-10H2,1H3. The molecule has 98 valence electrons. The van der Waals surface area contributed by atoms with Gasteiger partial charge >= 0.3 is 0 Å². The third-order valence-electron chi connectivity index (χ3n) is 5.26. The van der Waals surface area contributed by atoms with Crippen molar-refractivity contribution >= 4 is 0 Å². The van der Waals surface area contributed by atoms with Gasteiger partial charge in [0.1, 0.15) is 0 Å². The van der Waals surface area contributed by atoms with Crippen molar-refractivity contribution in [2.45, 2.75) is 76.4 Å². The molecule has 3 atom stereocenters. The first-order chi connectivity index (χ1) is 8.33. The molecule has 0 radical (unpaired) electrons. The van der Waals surface area contributed by atoms with Crippen LogP contribution >= 0.6 is 0 Å². The summed E-state index contributed by atoms with van der Waals surface area (Å²) in [5.41, 5.74) is 0. The van der Waals surface area contributed by atoms with E-state index in [1.807, 2.05) is 0 Å². The number of hydrogen-bond acceptors (Lipinski definition) is 2. The van der Waals surface area contributed by atoms with Gasteiger partial charge in [-0.25, -0.2) is 0 Å². The summed E-state index contributed by atoms with van der Waals surface area (Å²) in [7, 11) is 0. The zero-order valence-electron chi connectivity index (χ0n) is 11.3. The Hall–Kier alpha value is -0.0800. The molecule has 1 saturated heterocycles. The van der Waals surface area contributed by atoms with Crippen LogP contribution in [0.2, 0.25) is 0 Å². The molecule has 1 heterocycles. The van der Waals surface area contributed by atoms with Crippen LogP contribution < -0.4 is 10.6 Å². The lowest BCUT2D eigenvalue weighted by molar-refractivity contribution is 0.184. The van der Waals surface area contributed by atoms with Crippen molar-refractivity contribution < 1.29 is 0 Å². The molecular weight excluding hydrogens is 208 g/mol. The summed E-state index contributed by atoms with van der Waals surface area (Å²) in [5.74, 6) is 1.89. The van der Waals surface area contributed by atoms with Crippen molar-refractivity contribution in [2.75, 3.05) is 6.54 Å². The van der Waals surface area contributed by atoms with Crippen LogP contribution in [0.3, 0.4) is 0 Å². The van der Waals surface area contributed by atoms with Gasteiger partial charge in [0.05, 0.1) is 0 Å². The molecule has 3 rings (SSSR count).